The number of nitrogens with one attached hydrogen (secondary N) is 1. The average Bonchev–Trinajstić information content (AvgIpc) is 3.15. The smallest absolute Gasteiger partial charge is 0.244 e. The van der Waals surface area contributed by atoms with Crippen LogP contribution in [0.1, 0.15) is 11.4 Å². The van der Waals surface area contributed by atoms with Gasteiger partial charge < -0.3 is 10.1 Å². The van der Waals surface area contributed by atoms with E-state index in [1.54, 1.807) is 6.08 Å². The lowest BCUT2D eigenvalue weighted by molar-refractivity contribution is -0.116. The lowest BCUT2D eigenvalue weighted by Crippen LogP contribution is -2.21. The molecule has 0 saturated carbocycles. The van der Waals surface area contributed by atoms with Gasteiger partial charge in [0.25, 0.3) is 0 Å². The number of amides is 1. The number of benzene rings is 2. The summed E-state index contributed by atoms with van der Waals surface area (Å²) in [5.41, 5.74) is 1.62. The lowest BCUT2D eigenvalue weighted by Gasteiger charge is -2.06. The Labute approximate surface area is 162 Å². The van der Waals surface area contributed by atoms with Crippen molar-refractivity contribution in [2.75, 3.05) is 0 Å². The van der Waals surface area contributed by atoms with E-state index in [4.69, 9.17) is 4.74 Å². The zero-order chi connectivity index (χ0) is 19.2. The van der Waals surface area contributed by atoms with E-state index in [1.807, 2.05) is 83.4 Å². The number of carbonyl (C=O) groups excluding carboxylic acids is 1. The summed E-state index contributed by atoms with van der Waals surface area (Å²) in [7, 11) is 0. The van der Waals surface area contributed by atoms with Crippen LogP contribution < -0.4 is 10.1 Å². The average molecular weight is 370 g/mol. The summed E-state index contributed by atoms with van der Waals surface area (Å²) >= 11 is 0. The lowest BCUT2D eigenvalue weighted by atomic mass is 10.2. The van der Waals surface area contributed by atoms with Gasteiger partial charge in [-0.2, -0.15) is 0 Å². The van der Waals surface area contributed by atoms with E-state index in [-0.39, 0.29) is 5.91 Å². The van der Waals surface area contributed by atoms with Crippen molar-refractivity contribution in [3.63, 3.8) is 0 Å². The van der Waals surface area contributed by atoms with Crippen molar-refractivity contribution in [3.05, 3.63) is 96.5 Å². The molecule has 4 rings (SSSR count). The largest absolute Gasteiger partial charge is 0.457 e. The van der Waals surface area contributed by atoms with Crippen molar-refractivity contribution in [1.82, 2.24) is 19.9 Å². The van der Waals surface area contributed by atoms with Crippen molar-refractivity contribution >= 4 is 17.6 Å². The fourth-order valence-electron chi connectivity index (χ4n) is 2.71. The number of hydrogen-bond acceptors (Lipinski definition) is 4. The molecule has 138 valence electrons. The Bertz CT molecular complexity index is 1120. The first kappa shape index (κ1) is 17.5. The summed E-state index contributed by atoms with van der Waals surface area (Å²) < 4.78 is 7.65. The van der Waals surface area contributed by atoms with Gasteiger partial charge in [0.15, 0.2) is 11.5 Å². The number of ether oxygens (including phenoxy) is 1. The molecule has 0 fully saturated rings. The van der Waals surface area contributed by atoms with E-state index in [0.29, 0.717) is 18.1 Å². The second kappa shape index (κ2) is 8.18. The Morgan fingerprint density at radius 3 is 2.68 bits per heavy atom. The third-order valence-corrected chi connectivity index (χ3v) is 4.07. The Morgan fingerprint density at radius 1 is 0.964 bits per heavy atom. The predicted molar refractivity (Wildman–Crippen MR) is 107 cm³/mol. The molecule has 0 atom stereocenters. The minimum Gasteiger partial charge on any atom is -0.457 e. The van der Waals surface area contributed by atoms with Crippen molar-refractivity contribution in [2.24, 2.45) is 0 Å². The Morgan fingerprint density at radius 2 is 1.79 bits per heavy atom. The summed E-state index contributed by atoms with van der Waals surface area (Å²) in [5, 5.41) is 11.0. The molecule has 0 saturated heterocycles. The van der Waals surface area contributed by atoms with Crippen LogP contribution in [0.4, 0.5) is 0 Å². The van der Waals surface area contributed by atoms with Gasteiger partial charge in [0.1, 0.15) is 11.5 Å². The monoisotopic (exact) mass is 370 g/mol. The normalized spacial score (nSPS) is 11.0. The Balaban J connectivity index is 1.37. The molecule has 2 heterocycles. The molecule has 6 nitrogen and oxygen atoms in total. The maximum Gasteiger partial charge on any atom is 0.244 e. The second-order valence-electron chi connectivity index (χ2n) is 6.08. The van der Waals surface area contributed by atoms with Gasteiger partial charge in [0, 0.05) is 12.3 Å². The van der Waals surface area contributed by atoms with Crippen LogP contribution in [-0.4, -0.2) is 20.5 Å². The van der Waals surface area contributed by atoms with Crippen LogP contribution >= 0.6 is 0 Å². The summed E-state index contributed by atoms with van der Waals surface area (Å²) in [6.45, 7) is 0.297. The number of fused-ring (bicyclic) bond motifs is 1. The summed E-state index contributed by atoms with van der Waals surface area (Å²) in [6.07, 6.45) is 5.10. The Hall–Kier alpha value is -3.93. The molecule has 0 spiro atoms. The number of aromatic nitrogens is 3. The number of nitrogens with zero attached hydrogens (tertiary/aromatic N) is 3. The number of rotatable bonds is 6. The molecule has 0 radical (unpaired) electrons. The van der Waals surface area contributed by atoms with Crippen LogP contribution in [0.25, 0.3) is 11.7 Å². The molecule has 0 unspecified atom stereocenters. The first-order valence-electron chi connectivity index (χ1n) is 8.85. The number of carbonyl (C=O) groups is 1. The van der Waals surface area contributed by atoms with Gasteiger partial charge in [0.05, 0.1) is 6.54 Å². The molecule has 1 N–H and O–H groups in total. The van der Waals surface area contributed by atoms with Crippen molar-refractivity contribution in [1.29, 1.82) is 0 Å². The molecule has 1 amide bonds. The van der Waals surface area contributed by atoms with Crippen LogP contribution in [-0.2, 0) is 11.3 Å². The quantitative estimate of drug-likeness (QED) is 0.524. The SMILES string of the molecule is O=C(/C=C/c1cccc(Oc2ccccc2)c1)NCc1nnc2ccccn12. The van der Waals surface area contributed by atoms with E-state index >= 15 is 0 Å². The van der Waals surface area contributed by atoms with Crippen LogP contribution in [0.5, 0.6) is 11.5 Å². The van der Waals surface area contributed by atoms with Crippen LogP contribution in [0.2, 0.25) is 0 Å². The summed E-state index contributed by atoms with van der Waals surface area (Å²) in [4.78, 5) is 12.1. The molecule has 2 aromatic carbocycles. The maximum absolute atomic E-state index is 12.1. The third kappa shape index (κ3) is 4.24. The van der Waals surface area contributed by atoms with Crippen LogP contribution in [0.3, 0.4) is 0 Å². The topological polar surface area (TPSA) is 68.5 Å². The minimum atomic E-state index is -0.206. The number of para-hydroxylation sites is 1. The zero-order valence-corrected chi connectivity index (χ0v) is 15.0. The highest BCUT2D eigenvalue weighted by atomic mass is 16.5. The van der Waals surface area contributed by atoms with E-state index in [2.05, 4.69) is 15.5 Å². The molecule has 4 aromatic rings. The molecule has 28 heavy (non-hydrogen) atoms. The highest BCUT2D eigenvalue weighted by molar-refractivity contribution is 5.91. The number of hydrogen-bond donors (Lipinski definition) is 1. The molecule has 2 aromatic heterocycles. The highest BCUT2D eigenvalue weighted by Gasteiger charge is 2.05. The third-order valence-electron chi connectivity index (χ3n) is 4.07. The van der Waals surface area contributed by atoms with Gasteiger partial charge in [0.2, 0.25) is 5.91 Å². The fraction of sp³-hybridized carbons (Fsp3) is 0.0455. The Kier molecular flexibility index (Phi) is 5.11. The standard InChI is InChI=1S/C22H18N4O2/c27-22(23-16-21-25-24-20-11-4-5-14-26(20)21)13-12-17-7-6-10-19(15-17)28-18-8-2-1-3-9-18/h1-15H,16H2,(H,23,27)/b13-12+. The molecule has 0 aliphatic carbocycles. The first-order valence-corrected chi connectivity index (χ1v) is 8.85. The minimum absolute atomic E-state index is 0.206. The van der Waals surface area contributed by atoms with Crippen molar-refractivity contribution in [2.45, 2.75) is 6.54 Å². The van der Waals surface area contributed by atoms with Gasteiger partial charge in [-0.1, -0.05) is 36.4 Å². The van der Waals surface area contributed by atoms with E-state index in [1.165, 1.54) is 6.08 Å². The van der Waals surface area contributed by atoms with Gasteiger partial charge in [-0.3, -0.25) is 9.20 Å². The van der Waals surface area contributed by atoms with Gasteiger partial charge in [-0.05, 0) is 48.0 Å². The van der Waals surface area contributed by atoms with Gasteiger partial charge in [-0.25, -0.2) is 0 Å². The second-order valence-corrected chi connectivity index (χ2v) is 6.08. The highest BCUT2D eigenvalue weighted by Crippen LogP contribution is 2.22. The summed E-state index contributed by atoms with van der Waals surface area (Å²) in [5.74, 6) is 1.95. The van der Waals surface area contributed by atoms with Crippen molar-refractivity contribution < 1.29 is 9.53 Å². The van der Waals surface area contributed by atoms with Gasteiger partial charge >= 0.3 is 0 Å². The first-order chi connectivity index (χ1) is 13.8. The molecular formula is C22H18N4O2. The van der Waals surface area contributed by atoms with Gasteiger partial charge in [-0.15, -0.1) is 10.2 Å². The molecular weight excluding hydrogens is 352 g/mol. The molecule has 0 aliphatic rings. The fourth-order valence-corrected chi connectivity index (χ4v) is 2.71. The van der Waals surface area contributed by atoms with E-state index in [0.717, 1.165) is 17.0 Å². The van der Waals surface area contributed by atoms with E-state index in [9.17, 15) is 4.79 Å². The summed E-state index contributed by atoms with van der Waals surface area (Å²) in [6, 6.07) is 22.8. The van der Waals surface area contributed by atoms with E-state index < -0.39 is 0 Å². The molecule has 6 heteroatoms. The predicted octanol–water partition coefficient (Wildman–Crippen LogP) is 3.85. The maximum atomic E-state index is 12.1. The van der Waals surface area contributed by atoms with Crippen LogP contribution in [0.15, 0.2) is 85.1 Å². The zero-order valence-electron chi connectivity index (χ0n) is 15.0. The van der Waals surface area contributed by atoms with Crippen LogP contribution in [0, 0.1) is 0 Å². The number of pyridine rings is 1. The molecule has 0 aliphatic heterocycles. The van der Waals surface area contributed by atoms with Crippen molar-refractivity contribution in [3.8, 4) is 11.5 Å². The molecule has 0 bridgehead atoms.